The number of imide groups is 1. The number of hydrogen-bond acceptors (Lipinski definition) is 7. The number of alkyl carbamates (subject to hydrolysis) is 1. The third kappa shape index (κ3) is 3.80. The van der Waals surface area contributed by atoms with Gasteiger partial charge in [0.1, 0.15) is 6.61 Å². The zero-order chi connectivity index (χ0) is 21.3. The zero-order valence-electron chi connectivity index (χ0n) is 16.1. The Bertz CT molecular complexity index is 855. The number of ether oxygens (including phenoxy) is 1. The van der Waals surface area contributed by atoms with Crippen molar-refractivity contribution >= 4 is 23.9 Å². The van der Waals surface area contributed by atoms with Crippen molar-refractivity contribution in [3.8, 4) is 0 Å². The minimum absolute atomic E-state index is 0.00354. The third-order valence-corrected chi connectivity index (χ3v) is 5.78. The Morgan fingerprint density at radius 2 is 1.73 bits per heavy atom. The SMILES string of the molecule is O=C(NCCC(O)C(=O)ON1C(=O)C2C3C=CC(C3)C2C1=O)OCc1ccccc1. The van der Waals surface area contributed by atoms with Crippen LogP contribution in [-0.4, -0.2) is 46.7 Å². The molecule has 2 N–H and O–H groups in total. The number of benzene rings is 1. The van der Waals surface area contributed by atoms with Crippen LogP contribution in [-0.2, 0) is 30.6 Å². The minimum Gasteiger partial charge on any atom is -0.445 e. The Kier molecular flexibility index (Phi) is 5.54. The van der Waals surface area contributed by atoms with Crippen molar-refractivity contribution in [3.63, 3.8) is 0 Å². The molecule has 1 aromatic carbocycles. The van der Waals surface area contributed by atoms with Crippen LogP contribution in [0.15, 0.2) is 42.5 Å². The molecule has 4 rings (SSSR count). The maximum atomic E-state index is 12.5. The van der Waals surface area contributed by atoms with Crippen molar-refractivity contribution in [2.24, 2.45) is 23.7 Å². The molecule has 5 unspecified atom stereocenters. The van der Waals surface area contributed by atoms with Gasteiger partial charge in [0.15, 0.2) is 6.10 Å². The fourth-order valence-electron chi connectivity index (χ4n) is 4.32. The standard InChI is InChI=1S/C21H22N2O7/c24-15(8-9-22-21(28)29-11-12-4-2-1-3-5-12)20(27)30-23-18(25)16-13-6-7-14(10-13)17(16)19(23)26/h1-7,13-17,24H,8-11H2,(H,22,28). The van der Waals surface area contributed by atoms with Gasteiger partial charge in [-0.15, -0.1) is 5.06 Å². The molecule has 2 fully saturated rings. The number of hydroxylamine groups is 2. The van der Waals surface area contributed by atoms with Crippen molar-refractivity contribution in [3.05, 3.63) is 48.0 Å². The molecule has 30 heavy (non-hydrogen) atoms. The monoisotopic (exact) mass is 414 g/mol. The lowest BCUT2D eigenvalue weighted by molar-refractivity contribution is -0.205. The first-order chi connectivity index (χ1) is 14.5. The van der Waals surface area contributed by atoms with Gasteiger partial charge < -0.3 is 20.0 Å². The number of nitrogens with one attached hydrogen (secondary N) is 1. The number of nitrogens with zero attached hydrogens (tertiary/aromatic N) is 1. The molecule has 1 aliphatic heterocycles. The molecular formula is C21H22N2O7. The van der Waals surface area contributed by atoms with Crippen molar-refractivity contribution in [1.29, 1.82) is 0 Å². The summed E-state index contributed by atoms with van der Waals surface area (Å²) in [4.78, 5) is 53.6. The summed E-state index contributed by atoms with van der Waals surface area (Å²) >= 11 is 0. The van der Waals surface area contributed by atoms with Crippen molar-refractivity contribution in [1.82, 2.24) is 10.4 Å². The second-order valence-electron chi connectivity index (χ2n) is 7.67. The Balaban J connectivity index is 1.20. The number of hydrogen-bond donors (Lipinski definition) is 2. The summed E-state index contributed by atoms with van der Waals surface area (Å²) in [6.07, 6.45) is 2.17. The number of carbonyl (C=O) groups is 4. The molecule has 5 atom stereocenters. The molecule has 1 aromatic rings. The molecule has 158 valence electrons. The summed E-state index contributed by atoms with van der Waals surface area (Å²) in [5.74, 6) is -3.17. The molecule has 1 heterocycles. The maximum absolute atomic E-state index is 12.5. The normalized spacial score (nSPS) is 27.2. The highest BCUT2D eigenvalue weighted by atomic mass is 16.7. The number of amides is 3. The van der Waals surface area contributed by atoms with E-state index in [2.05, 4.69) is 5.32 Å². The predicted octanol–water partition coefficient (Wildman–Crippen LogP) is 0.929. The Hall–Kier alpha value is -3.20. The molecule has 9 heteroatoms. The van der Waals surface area contributed by atoms with Gasteiger partial charge in [0.05, 0.1) is 11.8 Å². The van der Waals surface area contributed by atoms with E-state index >= 15 is 0 Å². The summed E-state index contributed by atoms with van der Waals surface area (Å²) in [6.45, 7) is 0.0424. The predicted molar refractivity (Wildman–Crippen MR) is 101 cm³/mol. The fraction of sp³-hybridized carbons (Fsp3) is 0.429. The van der Waals surface area contributed by atoms with Crippen LogP contribution in [0.25, 0.3) is 0 Å². The van der Waals surface area contributed by atoms with Gasteiger partial charge in [0.2, 0.25) is 0 Å². The molecule has 0 radical (unpaired) electrons. The minimum atomic E-state index is -1.60. The van der Waals surface area contributed by atoms with E-state index in [9.17, 15) is 24.3 Å². The average molecular weight is 414 g/mol. The first-order valence-electron chi connectivity index (χ1n) is 9.86. The Labute approximate surface area is 172 Å². The smallest absolute Gasteiger partial charge is 0.407 e. The first-order valence-corrected chi connectivity index (χ1v) is 9.86. The summed E-state index contributed by atoms with van der Waals surface area (Å²) in [5, 5.41) is 12.9. The fourth-order valence-corrected chi connectivity index (χ4v) is 4.32. The number of rotatable bonds is 7. The van der Waals surface area contributed by atoms with Crippen LogP contribution in [0.5, 0.6) is 0 Å². The molecule has 3 aliphatic rings. The number of carbonyl (C=O) groups excluding carboxylic acids is 4. The van der Waals surface area contributed by atoms with E-state index in [1.807, 2.05) is 42.5 Å². The number of fused-ring (bicyclic) bond motifs is 5. The van der Waals surface area contributed by atoms with Crippen LogP contribution < -0.4 is 5.32 Å². The number of aliphatic hydroxyl groups excluding tert-OH is 1. The summed E-state index contributed by atoms with van der Waals surface area (Å²) in [5.41, 5.74) is 0.824. The Morgan fingerprint density at radius 3 is 2.37 bits per heavy atom. The van der Waals surface area contributed by atoms with Gasteiger partial charge in [-0.3, -0.25) is 9.59 Å². The average Bonchev–Trinajstić information content (AvgIpc) is 3.43. The van der Waals surface area contributed by atoms with Crippen LogP contribution in [0.1, 0.15) is 18.4 Å². The van der Waals surface area contributed by atoms with E-state index in [0.29, 0.717) is 5.06 Å². The van der Waals surface area contributed by atoms with Crippen molar-refractivity contribution < 1.29 is 33.9 Å². The lowest BCUT2D eigenvalue weighted by atomic mass is 9.85. The van der Waals surface area contributed by atoms with Crippen LogP contribution in [0.4, 0.5) is 4.79 Å². The maximum Gasteiger partial charge on any atom is 0.407 e. The molecule has 1 saturated heterocycles. The summed E-state index contributed by atoms with van der Waals surface area (Å²) in [7, 11) is 0. The zero-order valence-corrected chi connectivity index (χ0v) is 16.1. The quantitative estimate of drug-likeness (QED) is 0.503. The Morgan fingerprint density at radius 1 is 1.10 bits per heavy atom. The van der Waals surface area contributed by atoms with Gasteiger partial charge >= 0.3 is 12.1 Å². The van der Waals surface area contributed by atoms with Gasteiger partial charge in [-0.05, 0) is 23.8 Å². The topological polar surface area (TPSA) is 122 Å². The highest BCUT2D eigenvalue weighted by molar-refractivity contribution is 6.06. The van der Waals surface area contributed by atoms with Gasteiger partial charge in [0, 0.05) is 13.0 Å². The number of allylic oxidation sites excluding steroid dienone is 2. The third-order valence-electron chi connectivity index (χ3n) is 5.78. The molecule has 3 amide bonds. The van der Waals surface area contributed by atoms with Crippen LogP contribution in [0, 0.1) is 23.7 Å². The largest absolute Gasteiger partial charge is 0.445 e. The molecule has 0 spiro atoms. The molecule has 2 bridgehead atoms. The summed E-state index contributed by atoms with van der Waals surface area (Å²) in [6, 6.07) is 9.11. The lowest BCUT2D eigenvalue weighted by Gasteiger charge is -2.18. The van der Waals surface area contributed by atoms with Gasteiger partial charge in [-0.25, -0.2) is 9.59 Å². The van der Waals surface area contributed by atoms with E-state index in [0.717, 1.165) is 12.0 Å². The lowest BCUT2D eigenvalue weighted by Crippen LogP contribution is -2.39. The number of aliphatic hydroxyl groups is 1. The first kappa shape index (κ1) is 20.1. The molecular weight excluding hydrogens is 392 g/mol. The highest BCUT2D eigenvalue weighted by Crippen LogP contribution is 2.52. The van der Waals surface area contributed by atoms with Crippen molar-refractivity contribution in [2.75, 3.05) is 6.54 Å². The molecule has 1 saturated carbocycles. The molecule has 9 nitrogen and oxygen atoms in total. The van der Waals surface area contributed by atoms with Gasteiger partial charge in [-0.1, -0.05) is 42.5 Å². The van der Waals surface area contributed by atoms with Gasteiger partial charge in [-0.2, -0.15) is 0 Å². The van der Waals surface area contributed by atoms with Crippen molar-refractivity contribution in [2.45, 2.75) is 25.6 Å². The van der Waals surface area contributed by atoms with E-state index < -0.39 is 41.8 Å². The van der Waals surface area contributed by atoms with E-state index in [1.54, 1.807) is 0 Å². The van der Waals surface area contributed by atoms with E-state index in [1.165, 1.54) is 0 Å². The van der Waals surface area contributed by atoms with Crippen LogP contribution in [0.2, 0.25) is 0 Å². The van der Waals surface area contributed by atoms with Gasteiger partial charge in [0.25, 0.3) is 11.8 Å². The van der Waals surface area contributed by atoms with Crippen LogP contribution in [0.3, 0.4) is 0 Å². The molecule has 0 aromatic heterocycles. The van der Waals surface area contributed by atoms with E-state index in [4.69, 9.17) is 9.57 Å². The summed E-state index contributed by atoms with van der Waals surface area (Å²) < 4.78 is 5.02. The second-order valence-corrected chi connectivity index (χ2v) is 7.67. The van der Waals surface area contributed by atoms with Crippen LogP contribution >= 0.6 is 0 Å². The van der Waals surface area contributed by atoms with E-state index in [-0.39, 0.29) is 31.4 Å². The second kappa shape index (κ2) is 8.27. The molecule has 2 aliphatic carbocycles. The highest BCUT2D eigenvalue weighted by Gasteiger charge is 2.61.